The molecule has 0 aliphatic rings. The van der Waals surface area contributed by atoms with Gasteiger partial charge in [-0.2, -0.15) is 5.10 Å². The highest BCUT2D eigenvalue weighted by Gasteiger charge is 2.03. The van der Waals surface area contributed by atoms with Gasteiger partial charge in [-0.05, 0) is 6.07 Å². The van der Waals surface area contributed by atoms with E-state index < -0.39 is 0 Å². The van der Waals surface area contributed by atoms with Crippen LogP contribution >= 0.6 is 0 Å². The SMILES string of the molecule is O=c1[nH]nc(Cc2ccccc2O)[nH]1. The molecule has 0 unspecified atom stereocenters. The molecule has 1 heterocycles. The van der Waals surface area contributed by atoms with Gasteiger partial charge in [-0.1, -0.05) is 18.2 Å². The van der Waals surface area contributed by atoms with Crippen LogP contribution in [0.2, 0.25) is 0 Å². The molecule has 0 radical (unpaired) electrons. The molecule has 5 nitrogen and oxygen atoms in total. The lowest BCUT2D eigenvalue weighted by atomic mass is 10.1. The summed E-state index contributed by atoms with van der Waals surface area (Å²) in [5.41, 5.74) is 0.394. The zero-order chi connectivity index (χ0) is 9.97. The highest BCUT2D eigenvalue weighted by Crippen LogP contribution is 2.17. The number of phenolic OH excluding ortho intramolecular Hbond substituents is 1. The van der Waals surface area contributed by atoms with Gasteiger partial charge in [0.15, 0.2) is 0 Å². The molecule has 2 rings (SSSR count). The molecular weight excluding hydrogens is 182 g/mol. The first kappa shape index (κ1) is 8.55. The van der Waals surface area contributed by atoms with Crippen LogP contribution in [-0.2, 0) is 6.42 Å². The van der Waals surface area contributed by atoms with Crippen molar-refractivity contribution in [3.63, 3.8) is 0 Å². The van der Waals surface area contributed by atoms with E-state index in [-0.39, 0.29) is 11.4 Å². The molecule has 2 aromatic rings. The molecule has 5 heteroatoms. The van der Waals surface area contributed by atoms with Gasteiger partial charge in [0.25, 0.3) is 0 Å². The Hall–Kier alpha value is -2.04. The van der Waals surface area contributed by atoms with Crippen LogP contribution in [0.4, 0.5) is 0 Å². The summed E-state index contributed by atoms with van der Waals surface area (Å²) >= 11 is 0. The first-order chi connectivity index (χ1) is 6.75. The molecule has 72 valence electrons. The lowest BCUT2D eigenvalue weighted by molar-refractivity contribution is 0.469. The van der Waals surface area contributed by atoms with E-state index in [9.17, 15) is 9.90 Å². The standard InChI is InChI=1S/C9H9N3O2/c13-7-4-2-1-3-6(7)5-8-10-9(14)12-11-8/h1-4,13H,5H2,(H2,10,11,12,14). The lowest BCUT2D eigenvalue weighted by Crippen LogP contribution is -2.01. The van der Waals surface area contributed by atoms with Crippen molar-refractivity contribution in [3.05, 3.63) is 46.1 Å². The van der Waals surface area contributed by atoms with E-state index in [0.29, 0.717) is 12.2 Å². The Morgan fingerprint density at radius 1 is 1.36 bits per heavy atom. The van der Waals surface area contributed by atoms with E-state index in [1.165, 1.54) is 0 Å². The molecule has 0 spiro atoms. The number of hydrogen-bond donors (Lipinski definition) is 3. The van der Waals surface area contributed by atoms with Gasteiger partial charge in [-0.15, -0.1) is 0 Å². The molecule has 3 N–H and O–H groups in total. The van der Waals surface area contributed by atoms with E-state index in [1.54, 1.807) is 18.2 Å². The summed E-state index contributed by atoms with van der Waals surface area (Å²) in [6.07, 6.45) is 0.408. The Bertz CT molecular complexity index is 487. The van der Waals surface area contributed by atoms with Gasteiger partial charge < -0.3 is 5.11 Å². The van der Waals surface area contributed by atoms with Crippen molar-refractivity contribution >= 4 is 0 Å². The molecule has 1 aromatic heterocycles. The number of H-pyrrole nitrogens is 2. The number of phenols is 1. The monoisotopic (exact) mass is 191 g/mol. The minimum atomic E-state index is -0.338. The first-order valence-corrected chi connectivity index (χ1v) is 4.16. The minimum absolute atomic E-state index is 0.205. The molecule has 0 saturated carbocycles. The first-order valence-electron chi connectivity index (χ1n) is 4.16. The van der Waals surface area contributed by atoms with Crippen LogP contribution in [0.25, 0.3) is 0 Å². The number of aromatic nitrogens is 3. The van der Waals surface area contributed by atoms with Crippen molar-refractivity contribution in [2.75, 3.05) is 0 Å². The fourth-order valence-corrected chi connectivity index (χ4v) is 1.23. The lowest BCUT2D eigenvalue weighted by Gasteiger charge is -1.99. The zero-order valence-electron chi connectivity index (χ0n) is 7.32. The fourth-order valence-electron chi connectivity index (χ4n) is 1.23. The minimum Gasteiger partial charge on any atom is -0.508 e. The summed E-state index contributed by atoms with van der Waals surface area (Å²) in [6.45, 7) is 0. The van der Waals surface area contributed by atoms with Crippen LogP contribution in [0.15, 0.2) is 29.1 Å². The normalized spacial score (nSPS) is 10.3. The van der Waals surface area contributed by atoms with E-state index in [2.05, 4.69) is 15.2 Å². The Balaban J connectivity index is 2.27. The second kappa shape index (κ2) is 3.37. The Morgan fingerprint density at radius 2 is 2.14 bits per heavy atom. The summed E-state index contributed by atoms with van der Waals surface area (Å²) in [4.78, 5) is 13.2. The Kier molecular flexibility index (Phi) is 2.06. The van der Waals surface area contributed by atoms with Crippen LogP contribution in [0, 0.1) is 0 Å². The summed E-state index contributed by atoms with van der Waals surface area (Å²) in [5.74, 6) is 0.716. The van der Waals surface area contributed by atoms with Gasteiger partial charge in [0, 0.05) is 12.0 Å². The van der Waals surface area contributed by atoms with Crippen molar-refractivity contribution in [1.29, 1.82) is 0 Å². The number of aromatic hydroxyl groups is 1. The number of rotatable bonds is 2. The number of nitrogens with one attached hydrogen (secondary N) is 2. The molecule has 0 aliphatic heterocycles. The van der Waals surface area contributed by atoms with Gasteiger partial charge in [0.1, 0.15) is 11.6 Å². The molecule has 0 saturated heterocycles. The Morgan fingerprint density at radius 3 is 2.79 bits per heavy atom. The quantitative estimate of drug-likeness (QED) is 0.642. The molecule has 0 atom stereocenters. The third kappa shape index (κ3) is 1.66. The largest absolute Gasteiger partial charge is 0.508 e. The Labute approximate surface area is 79.4 Å². The van der Waals surface area contributed by atoms with Crippen LogP contribution in [-0.4, -0.2) is 20.3 Å². The van der Waals surface area contributed by atoms with Gasteiger partial charge in [0.05, 0.1) is 0 Å². The van der Waals surface area contributed by atoms with Crippen LogP contribution in [0.5, 0.6) is 5.75 Å². The van der Waals surface area contributed by atoms with Crippen molar-refractivity contribution in [3.8, 4) is 5.75 Å². The zero-order valence-corrected chi connectivity index (χ0v) is 7.32. The van der Waals surface area contributed by atoms with Crippen molar-refractivity contribution < 1.29 is 5.11 Å². The predicted molar refractivity (Wildman–Crippen MR) is 50.1 cm³/mol. The average Bonchev–Trinajstić information content (AvgIpc) is 2.56. The molecule has 0 bridgehead atoms. The van der Waals surface area contributed by atoms with Crippen LogP contribution in [0.1, 0.15) is 11.4 Å². The third-order valence-corrected chi connectivity index (χ3v) is 1.90. The maximum Gasteiger partial charge on any atom is 0.340 e. The molecule has 14 heavy (non-hydrogen) atoms. The van der Waals surface area contributed by atoms with E-state index in [1.807, 2.05) is 6.07 Å². The molecule has 1 aromatic carbocycles. The number of nitrogens with zero attached hydrogens (tertiary/aromatic N) is 1. The maximum absolute atomic E-state index is 10.7. The van der Waals surface area contributed by atoms with Crippen molar-refractivity contribution in [2.45, 2.75) is 6.42 Å². The maximum atomic E-state index is 10.7. The van der Waals surface area contributed by atoms with Gasteiger partial charge in [-0.3, -0.25) is 4.98 Å². The van der Waals surface area contributed by atoms with E-state index in [0.717, 1.165) is 5.56 Å². The summed E-state index contributed by atoms with van der Waals surface area (Å²) in [7, 11) is 0. The van der Waals surface area contributed by atoms with Crippen molar-refractivity contribution in [2.24, 2.45) is 0 Å². The molecule has 0 fully saturated rings. The molecule has 0 amide bonds. The third-order valence-electron chi connectivity index (χ3n) is 1.90. The number of benzene rings is 1. The highest BCUT2D eigenvalue weighted by molar-refractivity contribution is 5.33. The smallest absolute Gasteiger partial charge is 0.340 e. The van der Waals surface area contributed by atoms with Gasteiger partial charge in [-0.25, -0.2) is 9.89 Å². The number of aromatic amines is 2. The van der Waals surface area contributed by atoms with Crippen molar-refractivity contribution in [1.82, 2.24) is 15.2 Å². The summed E-state index contributed by atoms with van der Waals surface area (Å²) < 4.78 is 0. The van der Waals surface area contributed by atoms with Gasteiger partial charge in [0.2, 0.25) is 0 Å². The second-order valence-electron chi connectivity index (χ2n) is 2.93. The van der Waals surface area contributed by atoms with E-state index >= 15 is 0 Å². The number of hydrogen-bond acceptors (Lipinski definition) is 3. The topological polar surface area (TPSA) is 81.8 Å². The van der Waals surface area contributed by atoms with Crippen LogP contribution in [0.3, 0.4) is 0 Å². The average molecular weight is 191 g/mol. The predicted octanol–water partition coefficient (Wildman–Crippen LogP) is 0.394. The number of para-hydroxylation sites is 1. The molecule has 0 aliphatic carbocycles. The summed E-state index contributed by atoms with van der Waals surface area (Å²) in [6, 6.07) is 6.94. The van der Waals surface area contributed by atoms with Gasteiger partial charge >= 0.3 is 5.69 Å². The highest BCUT2D eigenvalue weighted by atomic mass is 16.3. The fraction of sp³-hybridized carbons (Fsp3) is 0.111. The molecular formula is C9H9N3O2. The summed E-state index contributed by atoms with van der Waals surface area (Å²) in [5, 5.41) is 15.5. The van der Waals surface area contributed by atoms with Crippen LogP contribution < -0.4 is 5.69 Å². The second-order valence-corrected chi connectivity index (χ2v) is 2.93. The van der Waals surface area contributed by atoms with E-state index in [4.69, 9.17) is 0 Å².